The second-order valence-electron chi connectivity index (χ2n) is 4.87. The molecule has 0 aliphatic carbocycles. The Balaban J connectivity index is 3.16. The molecule has 0 aromatic heterocycles. The van der Waals surface area contributed by atoms with E-state index in [1.165, 1.54) is 13.2 Å². The second-order valence-corrected chi connectivity index (χ2v) is 6.61. The molecule has 0 aliphatic heterocycles. The molecular formula is C11H18N4O5S. The Morgan fingerprint density at radius 2 is 2.05 bits per heavy atom. The third-order valence-corrected chi connectivity index (χ3v) is 4.30. The van der Waals surface area contributed by atoms with Gasteiger partial charge in [-0.2, -0.15) is 0 Å². The van der Waals surface area contributed by atoms with Crippen molar-refractivity contribution in [2.45, 2.75) is 24.3 Å². The molecule has 0 bridgehead atoms. The molecule has 1 aromatic carbocycles. The van der Waals surface area contributed by atoms with Gasteiger partial charge in [0, 0.05) is 19.7 Å². The summed E-state index contributed by atoms with van der Waals surface area (Å²) in [4.78, 5) is 9.80. The van der Waals surface area contributed by atoms with E-state index < -0.39 is 31.1 Å². The van der Waals surface area contributed by atoms with Crippen LogP contribution in [0.25, 0.3) is 0 Å². The highest BCUT2D eigenvalue weighted by molar-refractivity contribution is 7.89. The van der Waals surface area contributed by atoms with Crippen molar-refractivity contribution >= 4 is 21.4 Å². The number of rotatable bonds is 7. The quantitative estimate of drug-likeness (QED) is 0.380. The van der Waals surface area contributed by atoms with Gasteiger partial charge in [-0.3, -0.25) is 16.0 Å². The third-order valence-electron chi connectivity index (χ3n) is 2.85. The fourth-order valence-electron chi connectivity index (χ4n) is 1.40. The Bertz CT molecular complexity index is 630. The van der Waals surface area contributed by atoms with E-state index in [9.17, 15) is 18.5 Å². The van der Waals surface area contributed by atoms with Gasteiger partial charge in [-0.1, -0.05) is 0 Å². The van der Waals surface area contributed by atoms with E-state index in [-0.39, 0.29) is 12.2 Å². The van der Waals surface area contributed by atoms with Gasteiger partial charge in [0.15, 0.2) is 4.90 Å². The largest absolute Gasteiger partial charge is 0.377 e. The summed E-state index contributed by atoms with van der Waals surface area (Å²) in [5.41, 5.74) is 1.16. The number of benzene rings is 1. The number of hydrogen-bond donors (Lipinski definition) is 3. The van der Waals surface area contributed by atoms with Crippen molar-refractivity contribution in [3.63, 3.8) is 0 Å². The first-order valence-electron chi connectivity index (χ1n) is 5.93. The van der Waals surface area contributed by atoms with Gasteiger partial charge in [0.2, 0.25) is 10.0 Å². The molecule has 0 unspecified atom stereocenters. The van der Waals surface area contributed by atoms with Crippen LogP contribution in [0.3, 0.4) is 0 Å². The molecule has 1 aromatic rings. The zero-order valence-electron chi connectivity index (χ0n) is 11.9. The van der Waals surface area contributed by atoms with Gasteiger partial charge in [0.25, 0.3) is 5.69 Å². The lowest BCUT2D eigenvalue weighted by molar-refractivity contribution is -0.387. The molecule has 21 heavy (non-hydrogen) atoms. The van der Waals surface area contributed by atoms with Crippen molar-refractivity contribution in [2.24, 2.45) is 5.84 Å². The number of methoxy groups -OCH3 is 1. The molecule has 1 rings (SSSR count). The van der Waals surface area contributed by atoms with E-state index in [2.05, 4.69) is 10.1 Å². The molecule has 0 fully saturated rings. The molecule has 0 saturated heterocycles. The summed E-state index contributed by atoms with van der Waals surface area (Å²) in [6, 6.07) is 3.51. The highest BCUT2D eigenvalue weighted by atomic mass is 32.2. The molecule has 10 heteroatoms. The normalized spacial score (nSPS) is 12.2. The van der Waals surface area contributed by atoms with Crippen LogP contribution >= 0.6 is 0 Å². The lowest BCUT2D eigenvalue weighted by atomic mass is 10.1. The monoisotopic (exact) mass is 318 g/mol. The maximum absolute atomic E-state index is 12.2. The number of sulfonamides is 1. The Hall–Kier alpha value is -1.75. The first-order valence-corrected chi connectivity index (χ1v) is 7.41. The summed E-state index contributed by atoms with van der Waals surface area (Å²) in [6.07, 6.45) is 0. The fraction of sp³-hybridized carbons (Fsp3) is 0.455. The lowest BCUT2D eigenvalue weighted by Crippen LogP contribution is -2.39. The summed E-state index contributed by atoms with van der Waals surface area (Å²) < 4.78 is 31.8. The van der Waals surface area contributed by atoms with Crippen LogP contribution in [0, 0.1) is 10.1 Å². The summed E-state index contributed by atoms with van der Waals surface area (Å²) in [5, 5.41) is 11.0. The van der Waals surface area contributed by atoms with Crippen LogP contribution in [-0.2, 0) is 14.8 Å². The summed E-state index contributed by atoms with van der Waals surface area (Å²) >= 11 is 0. The number of hydrogen-bond acceptors (Lipinski definition) is 7. The topological polar surface area (TPSA) is 137 Å². The number of hydrazine groups is 1. The average Bonchev–Trinajstić information content (AvgIpc) is 2.44. The Labute approximate surface area is 122 Å². The zero-order chi connectivity index (χ0) is 16.3. The number of nitro benzene ring substituents is 1. The number of nitrogen functional groups attached to an aromatic ring is 1. The number of nitro groups is 1. The van der Waals surface area contributed by atoms with Crippen LogP contribution in [0.1, 0.15) is 13.8 Å². The van der Waals surface area contributed by atoms with Crippen molar-refractivity contribution in [2.75, 3.05) is 19.1 Å². The molecule has 0 spiro atoms. The third kappa shape index (κ3) is 4.36. The molecule has 0 atom stereocenters. The van der Waals surface area contributed by atoms with E-state index in [0.29, 0.717) is 0 Å². The van der Waals surface area contributed by atoms with Gasteiger partial charge in [0.05, 0.1) is 16.2 Å². The summed E-state index contributed by atoms with van der Waals surface area (Å²) in [7, 11) is -2.60. The molecule has 0 saturated carbocycles. The van der Waals surface area contributed by atoms with E-state index in [0.717, 1.165) is 12.1 Å². The van der Waals surface area contributed by atoms with Crippen LogP contribution in [-0.4, -0.2) is 32.6 Å². The maximum atomic E-state index is 12.2. The van der Waals surface area contributed by atoms with E-state index in [1.54, 1.807) is 13.8 Å². The molecule has 9 nitrogen and oxygen atoms in total. The number of nitrogens with zero attached hydrogens (tertiary/aromatic N) is 1. The zero-order valence-corrected chi connectivity index (χ0v) is 12.7. The summed E-state index contributed by atoms with van der Waals surface area (Å²) in [6.45, 7) is 3.34. The Kier molecular flexibility index (Phi) is 5.23. The minimum absolute atomic E-state index is 0.0279. The van der Waals surface area contributed by atoms with Crippen molar-refractivity contribution in [1.82, 2.24) is 4.72 Å². The molecule has 0 radical (unpaired) electrons. The van der Waals surface area contributed by atoms with Crippen LogP contribution in [0.5, 0.6) is 0 Å². The van der Waals surface area contributed by atoms with Gasteiger partial charge in [0.1, 0.15) is 0 Å². The highest BCUT2D eigenvalue weighted by Crippen LogP contribution is 2.27. The molecule has 0 aliphatic rings. The van der Waals surface area contributed by atoms with E-state index in [1.807, 2.05) is 0 Å². The highest BCUT2D eigenvalue weighted by Gasteiger charge is 2.28. The smallest absolute Gasteiger partial charge is 0.291 e. The molecular weight excluding hydrogens is 300 g/mol. The number of anilines is 1. The maximum Gasteiger partial charge on any atom is 0.291 e. The van der Waals surface area contributed by atoms with Gasteiger partial charge >= 0.3 is 0 Å². The predicted octanol–water partition coefficient (Wildman–Crippen LogP) is 0.584. The van der Waals surface area contributed by atoms with Crippen LogP contribution in [0.2, 0.25) is 0 Å². The minimum Gasteiger partial charge on any atom is -0.377 e. The SMILES string of the molecule is COC(C)(C)CNS(=O)(=O)c1ccc(NN)cc1[N+](=O)[O-]. The van der Waals surface area contributed by atoms with Crippen LogP contribution < -0.4 is 16.0 Å². The van der Waals surface area contributed by atoms with Crippen LogP contribution in [0.4, 0.5) is 11.4 Å². The second kappa shape index (κ2) is 6.35. The Morgan fingerprint density at radius 3 is 2.52 bits per heavy atom. The van der Waals surface area contributed by atoms with Gasteiger partial charge in [-0.15, -0.1) is 0 Å². The van der Waals surface area contributed by atoms with Crippen molar-refractivity contribution in [3.05, 3.63) is 28.3 Å². The number of ether oxygens (including phenoxy) is 1. The van der Waals surface area contributed by atoms with Crippen molar-refractivity contribution < 1.29 is 18.1 Å². The molecule has 0 amide bonds. The van der Waals surface area contributed by atoms with E-state index in [4.69, 9.17) is 10.6 Å². The molecule has 118 valence electrons. The number of nitrogens with one attached hydrogen (secondary N) is 2. The lowest BCUT2D eigenvalue weighted by Gasteiger charge is -2.23. The first kappa shape index (κ1) is 17.3. The van der Waals surface area contributed by atoms with Crippen LogP contribution in [0.15, 0.2) is 23.1 Å². The minimum atomic E-state index is -4.04. The van der Waals surface area contributed by atoms with Crippen molar-refractivity contribution in [1.29, 1.82) is 0 Å². The van der Waals surface area contributed by atoms with Gasteiger partial charge in [-0.05, 0) is 26.0 Å². The van der Waals surface area contributed by atoms with Gasteiger partial charge < -0.3 is 10.2 Å². The molecule has 0 heterocycles. The Morgan fingerprint density at radius 1 is 1.43 bits per heavy atom. The average molecular weight is 318 g/mol. The predicted molar refractivity (Wildman–Crippen MR) is 77.2 cm³/mol. The first-order chi connectivity index (χ1) is 9.63. The number of nitrogens with two attached hydrogens (primary N) is 1. The van der Waals surface area contributed by atoms with E-state index >= 15 is 0 Å². The fourth-order valence-corrected chi connectivity index (χ4v) is 2.74. The summed E-state index contributed by atoms with van der Waals surface area (Å²) in [5.74, 6) is 5.16. The standard InChI is InChI=1S/C11H18N4O5S/c1-11(2,20-3)7-13-21(18,19)10-5-4-8(14-12)6-9(10)15(16)17/h4-6,13-14H,7,12H2,1-3H3. The van der Waals surface area contributed by atoms with Crippen molar-refractivity contribution in [3.8, 4) is 0 Å². The van der Waals surface area contributed by atoms with Gasteiger partial charge in [-0.25, -0.2) is 13.1 Å². The molecule has 4 N–H and O–H groups in total.